The third-order valence-corrected chi connectivity index (χ3v) is 2.80. The zero-order chi connectivity index (χ0) is 13.1. The highest BCUT2D eigenvalue weighted by molar-refractivity contribution is 5.79. The highest BCUT2D eigenvalue weighted by Crippen LogP contribution is 2.29. The molecule has 0 spiro atoms. The van der Waals surface area contributed by atoms with Crippen molar-refractivity contribution in [3.8, 4) is 22.4 Å². The van der Waals surface area contributed by atoms with Gasteiger partial charge in [-0.2, -0.15) is 0 Å². The molecule has 0 amide bonds. The molecule has 19 heavy (non-hydrogen) atoms. The monoisotopic (exact) mass is 251 g/mol. The highest BCUT2D eigenvalue weighted by atomic mass is 19.1. The molecule has 0 aliphatic rings. The Morgan fingerprint density at radius 3 is 2.53 bits per heavy atom. The van der Waals surface area contributed by atoms with Crippen molar-refractivity contribution in [3.05, 3.63) is 67.1 Å². The largest absolute Gasteiger partial charge is 0.265 e. The van der Waals surface area contributed by atoms with Crippen molar-refractivity contribution in [2.24, 2.45) is 0 Å². The molecule has 0 bridgehead atoms. The van der Waals surface area contributed by atoms with E-state index >= 15 is 0 Å². The Balaban J connectivity index is 2.18. The molecule has 0 saturated carbocycles. The molecule has 0 aliphatic carbocycles. The molecule has 0 saturated heterocycles. The van der Waals surface area contributed by atoms with Gasteiger partial charge in [0.15, 0.2) is 0 Å². The summed E-state index contributed by atoms with van der Waals surface area (Å²) in [6.45, 7) is 0. The van der Waals surface area contributed by atoms with Crippen molar-refractivity contribution in [1.82, 2.24) is 15.0 Å². The Morgan fingerprint density at radius 2 is 1.74 bits per heavy atom. The average molecular weight is 251 g/mol. The molecule has 0 unspecified atom stereocenters. The quantitative estimate of drug-likeness (QED) is 0.701. The minimum absolute atomic E-state index is 0.281. The van der Waals surface area contributed by atoms with Crippen LogP contribution >= 0.6 is 0 Å². The van der Waals surface area contributed by atoms with Crippen molar-refractivity contribution in [1.29, 1.82) is 0 Å². The van der Waals surface area contributed by atoms with Gasteiger partial charge in [-0.05, 0) is 29.8 Å². The predicted octanol–water partition coefficient (Wildman–Crippen LogP) is 3.34. The van der Waals surface area contributed by atoms with E-state index in [4.69, 9.17) is 0 Å². The van der Waals surface area contributed by atoms with Crippen molar-refractivity contribution >= 4 is 0 Å². The summed E-state index contributed by atoms with van der Waals surface area (Å²) in [6, 6.07) is 10.1. The lowest BCUT2D eigenvalue weighted by Crippen LogP contribution is -1.91. The summed E-state index contributed by atoms with van der Waals surface area (Å²) < 4.78 is 13.3. The van der Waals surface area contributed by atoms with Gasteiger partial charge in [-0.25, -0.2) is 14.4 Å². The summed E-state index contributed by atoms with van der Waals surface area (Å²) in [5.41, 5.74) is 3.25. The minimum atomic E-state index is -0.281. The SMILES string of the molecule is Fc1cccc(-c2ncncc2-c2ccncc2)c1. The molecule has 0 radical (unpaired) electrons. The normalized spacial score (nSPS) is 10.4. The van der Waals surface area contributed by atoms with Gasteiger partial charge in [-0.1, -0.05) is 12.1 Å². The Labute approximate surface area is 109 Å². The van der Waals surface area contributed by atoms with E-state index in [-0.39, 0.29) is 5.82 Å². The van der Waals surface area contributed by atoms with Crippen LogP contribution in [-0.4, -0.2) is 15.0 Å². The maximum Gasteiger partial charge on any atom is 0.123 e. The van der Waals surface area contributed by atoms with Crippen LogP contribution in [0.2, 0.25) is 0 Å². The van der Waals surface area contributed by atoms with Gasteiger partial charge >= 0.3 is 0 Å². The molecule has 3 nitrogen and oxygen atoms in total. The fourth-order valence-corrected chi connectivity index (χ4v) is 1.94. The van der Waals surface area contributed by atoms with Gasteiger partial charge < -0.3 is 0 Å². The number of nitrogens with zero attached hydrogens (tertiary/aromatic N) is 3. The van der Waals surface area contributed by atoms with E-state index in [1.807, 2.05) is 18.2 Å². The first-order valence-corrected chi connectivity index (χ1v) is 5.81. The first-order chi connectivity index (χ1) is 9.34. The fourth-order valence-electron chi connectivity index (χ4n) is 1.94. The van der Waals surface area contributed by atoms with Gasteiger partial charge in [-0.15, -0.1) is 0 Å². The first-order valence-electron chi connectivity index (χ1n) is 5.81. The van der Waals surface area contributed by atoms with E-state index in [1.54, 1.807) is 24.7 Å². The van der Waals surface area contributed by atoms with Gasteiger partial charge in [0.05, 0.1) is 5.69 Å². The summed E-state index contributed by atoms with van der Waals surface area (Å²) in [5.74, 6) is -0.281. The molecule has 0 N–H and O–H groups in total. The third-order valence-electron chi connectivity index (χ3n) is 2.80. The number of aromatic nitrogens is 3. The second-order valence-electron chi connectivity index (χ2n) is 4.03. The van der Waals surface area contributed by atoms with Crippen LogP contribution in [0.1, 0.15) is 0 Å². The van der Waals surface area contributed by atoms with Crippen LogP contribution in [0.3, 0.4) is 0 Å². The molecule has 0 aliphatic heterocycles. The lowest BCUT2D eigenvalue weighted by atomic mass is 10.0. The van der Waals surface area contributed by atoms with Crippen LogP contribution in [0, 0.1) is 5.82 Å². The first kappa shape index (κ1) is 11.5. The molecule has 2 aromatic heterocycles. The second kappa shape index (κ2) is 4.94. The maximum absolute atomic E-state index is 13.3. The van der Waals surface area contributed by atoms with Crippen LogP contribution < -0.4 is 0 Å². The number of benzene rings is 1. The van der Waals surface area contributed by atoms with E-state index < -0.39 is 0 Å². The van der Waals surface area contributed by atoms with Gasteiger partial charge in [0.1, 0.15) is 12.1 Å². The number of hydrogen-bond acceptors (Lipinski definition) is 3. The zero-order valence-corrected chi connectivity index (χ0v) is 9.99. The number of hydrogen-bond donors (Lipinski definition) is 0. The lowest BCUT2D eigenvalue weighted by Gasteiger charge is -2.07. The highest BCUT2D eigenvalue weighted by Gasteiger charge is 2.09. The van der Waals surface area contributed by atoms with Crippen molar-refractivity contribution in [2.75, 3.05) is 0 Å². The minimum Gasteiger partial charge on any atom is -0.265 e. The van der Waals surface area contributed by atoms with Crippen LogP contribution in [0.15, 0.2) is 61.3 Å². The van der Waals surface area contributed by atoms with Gasteiger partial charge in [-0.3, -0.25) is 4.98 Å². The summed E-state index contributed by atoms with van der Waals surface area (Å²) in [5, 5.41) is 0. The smallest absolute Gasteiger partial charge is 0.123 e. The molecule has 92 valence electrons. The van der Waals surface area contributed by atoms with E-state index in [2.05, 4.69) is 15.0 Å². The topological polar surface area (TPSA) is 38.7 Å². The number of halogens is 1. The van der Waals surface area contributed by atoms with E-state index in [1.165, 1.54) is 18.5 Å². The van der Waals surface area contributed by atoms with E-state index in [0.717, 1.165) is 16.7 Å². The Hall–Kier alpha value is -2.62. The van der Waals surface area contributed by atoms with Crippen LogP contribution in [-0.2, 0) is 0 Å². The molecule has 2 heterocycles. The van der Waals surface area contributed by atoms with Crippen molar-refractivity contribution in [2.45, 2.75) is 0 Å². The second-order valence-corrected chi connectivity index (χ2v) is 4.03. The molecule has 3 rings (SSSR count). The number of pyridine rings is 1. The van der Waals surface area contributed by atoms with Crippen LogP contribution in [0.5, 0.6) is 0 Å². The summed E-state index contributed by atoms with van der Waals surface area (Å²) in [4.78, 5) is 12.3. The maximum atomic E-state index is 13.3. The zero-order valence-electron chi connectivity index (χ0n) is 9.99. The molecule has 0 fully saturated rings. The number of rotatable bonds is 2. The summed E-state index contributed by atoms with van der Waals surface area (Å²) in [6.07, 6.45) is 6.60. The van der Waals surface area contributed by atoms with Crippen LogP contribution in [0.4, 0.5) is 4.39 Å². The molecule has 0 atom stereocenters. The van der Waals surface area contributed by atoms with Gasteiger partial charge in [0.2, 0.25) is 0 Å². The Kier molecular flexibility index (Phi) is 2.98. The van der Waals surface area contributed by atoms with Crippen molar-refractivity contribution in [3.63, 3.8) is 0 Å². The standard InChI is InChI=1S/C15H10FN3/c16-13-3-1-2-12(8-13)15-14(9-18-10-19-15)11-4-6-17-7-5-11/h1-10H. The van der Waals surface area contributed by atoms with E-state index in [9.17, 15) is 4.39 Å². The van der Waals surface area contributed by atoms with Gasteiger partial charge in [0, 0.05) is 29.7 Å². The molecule has 4 heteroatoms. The molecular formula is C15H10FN3. The van der Waals surface area contributed by atoms with E-state index in [0.29, 0.717) is 5.69 Å². The molecular weight excluding hydrogens is 241 g/mol. The van der Waals surface area contributed by atoms with Crippen molar-refractivity contribution < 1.29 is 4.39 Å². The third kappa shape index (κ3) is 2.33. The average Bonchev–Trinajstić information content (AvgIpc) is 2.48. The Bertz CT molecular complexity index is 699. The fraction of sp³-hybridized carbons (Fsp3) is 0. The predicted molar refractivity (Wildman–Crippen MR) is 70.7 cm³/mol. The molecule has 1 aromatic carbocycles. The van der Waals surface area contributed by atoms with Gasteiger partial charge in [0.25, 0.3) is 0 Å². The lowest BCUT2D eigenvalue weighted by molar-refractivity contribution is 0.628. The summed E-state index contributed by atoms with van der Waals surface area (Å²) in [7, 11) is 0. The molecule has 3 aromatic rings. The van der Waals surface area contributed by atoms with Crippen LogP contribution in [0.25, 0.3) is 22.4 Å². The summed E-state index contributed by atoms with van der Waals surface area (Å²) >= 11 is 0. The Morgan fingerprint density at radius 1 is 0.895 bits per heavy atom.